The summed E-state index contributed by atoms with van der Waals surface area (Å²) in [5.41, 5.74) is 2.63. The Morgan fingerprint density at radius 3 is 2.57 bits per heavy atom. The van der Waals surface area contributed by atoms with Gasteiger partial charge in [-0.05, 0) is 19.1 Å². The number of aromatic nitrogens is 5. The van der Waals surface area contributed by atoms with Crippen LogP contribution >= 0.6 is 34.8 Å². The second-order valence-corrected chi connectivity index (χ2v) is 7.06. The molecule has 0 fully saturated rings. The predicted octanol–water partition coefficient (Wildman–Crippen LogP) is 5.65. The van der Waals surface area contributed by atoms with E-state index >= 15 is 0 Å². The fraction of sp³-hybridized carbons (Fsp3) is 0.111. The Kier molecular flexibility index (Phi) is 5.05. The summed E-state index contributed by atoms with van der Waals surface area (Å²) in [5, 5.41) is 7.63. The zero-order chi connectivity index (χ0) is 19.8. The molecule has 4 aromatic heterocycles. The van der Waals surface area contributed by atoms with E-state index in [9.17, 15) is 4.39 Å². The first-order valence-corrected chi connectivity index (χ1v) is 9.19. The molecule has 0 aliphatic carbocycles. The number of ether oxygens (including phenoxy) is 1. The number of rotatable bonds is 4. The van der Waals surface area contributed by atoms with Gasteiger partial charge in [0.1, 0.15) is 17.3 Å². The van der Waals surface area contributed by atoms with E-state index in [2.05, 4.69) is 25.1 Å². The van der Waals surface area contributed by atoms with E-state index < -0.39 is 11.9 Å². The summed E-state index contributed by atoms with van der Waals surface area (Å²) in [6.07, 6.45) is 3.94. The molecule has 6 nitrogen and oxygen atoms in total. The van der Waals surface area contributed by atoms with Crippen molar-refractivity contribution in [3.8, 4) is 17.1 Å². The average molecular weight is 439 g/mol. The smallest absolute Gasteiger partial charge is 0.214 e. The molecular weight excluding hydrogens is 428 g/mol. The minimum absolute atomic E-state index is 0.208. The van der Waals surface area contributed by atoms with Gasteiger partial charge >= 0.3 is 0 Å². The highest BCUT2D eigenvalue weighted by molar-refractivity contribution is 6.35. The highest BCUT2D eigenvalue weighted by atomic mass is 35.5. The van der Waals surface area contributed by atoms with Crippen LogP contribution in [0.15, 0.2) is 36.8 Å². The summed E-state index contributed by atoms with van der Waals surface area (Å²) in [6.45, 7) is 1.80. The Hall–Kier alpha value is -2.48. The summed E-state index contributed by atoms with van der Waals surface area (Å²) >= 11 is 18.0. The zero-order valence-corrected chi connectivity index (χ0v) is 16.5. The summed E-state index contributed by atoms with van der Waals surface area (Å²) in [5.74, 6) is -0.313. The number of hydrogen-bond acceptors (Lipinski definition) is 5. The number of pyridine rings is 3. The van der Waals surface area contributed by atoms with E-state index in [0.717, 1.165) is 0 Å². The Bertz CT molecular complexity index is 1160. The topological polar surface area (TPSA) is 76.6 Å². The lowest BCUT2D eigenvalue weighted by Gasteiger charge is -2.16. The highest BCUT2D eigenvalue weighted by Crippen LogP contribution is 2.33. The number of hydrogen-bond donors (Lipinski definition) is 1. The molecule has 0 unspecified atom stereocenters. The molecule has 0 aliphatic heterocycles. The molecule has 0 saturated heterocycles. The molecule has 4 rings (SSSR count). The fourth-order valence-electron chi connectivity index (χ4n) is 2.75. The van der Waals surface area contributed by atoms with E-state index in [0.29, 0.717) is 43.8 Å². The van der Waals surface area contributed by atoms with Gasteiger partial charge in [0, 0.05) is 35.8 Å². The van der Waals surface area contributed by atoms with Crippen molar-refractivity contribution in [1.29, 1.82) is 0 Å². The van der Waals surface area contributed by atoms with Crippen LogP contribution < -0.4 is 4.74 Å². The first-order chi connectivity index (χ1) is 13.4. The van der Waals surface area contributed by atoms with Crippen LogP contribution in [-0.2, 0) is 0 Å². The minimum Gasteiger partial charge on any atom is -0.470 e. The van der Waals surface area contributed by atoms with Crippen molar-refractivity contribution in [2.45, 2.75) is 13.0 Å². The molecule has 4 heterocycles. The number of fused-ring (bicyclic) bond motifs is 1. The molecule has 0 aromatic carbocycles. The van der Waals surface area contributed by atoms with Crippen LogP contribution in [0.2, 0.25) is 15.2 Å². The number of nitrogens with one attached hydrogen (secondary N) is 1. The molecule has 0 saturated carbocycles. The van der Waals surface area contributed by atoms with Gasteiger partial charge in [0.05, 0.1) is 15.6 Å². The number of nitrogens with zero attached hydrogens (tertiary/aromatic N) is 4. The Morgan fingerprint density at radius 2 is 1.86 bits per heavy atom. The predicted molar refractivity (Wildman–Crippen MR) is 105 cm³/mol. The van der Waals surface area contributed by atoms with E-state index in [1.165, 1.54) is 24.7 Å². The molecule has 1 atom stereocenters. The molecule has 0 amide bonds. The van der Waals surface area contributed by atoms with Crippen LogP contribution in [0.5, 0.6) is 5.88 Å². The van der Waals surface area contributed by atoms with Crippen molar-refractivity contribution < 1.29 is 9.13 Å². The number of H-pyrrole nitrogens is 1. The van der Waals surface area contributed by atoms with E-state index in [4.69, 9.17) is 39.5 Å². The molecule has 142 valence electrons. The van der Waals surface area contributed by atoms with Crippen molar-refractivity contribution in [1.82, 2.24) is 25.1 Å². The minimum atomic E-state index is -0.640. The summed E-state index contributed by atoms with van der Waals surface area (Å²) in [6, 6.07) is 4.69. The van der Waals surface area contributed by atoms with Gasteiger partial charge < -0.3 is 4.74 Å². The van der Waals surface area contributed by atoms with Crippen LogP contribution in [0.1, 0.15) is 18.6 Å². The van der Waals surface area contributed by atoms with Crippen LogP contribution in [0.25, 0.3) is 22.3 Å². The fourth-order valence-corrected chi connectivity index (χ4v) is 3.52. The van der Waals surface area contributed by atoms with Crippen LogP contribution in [0.4, 0.5) is 4.39 Å². The number of aromatic amines is 1. The lowest BCUT2D eigenvalue weighted by atomic mass is 10.1. The lowest BCUT2D eigenvalue weighted by Crippen LogP contribution is -2.06. The van der Waals surface area contributed by atoms with Gasteiger partial charge in [0.25, 0.3) is 0 Å². The van der Waals surface area contributed by atoms with Gasteiger partial charge in [-0.15, -0.1) is 0 Å². The Balaban J connectivity index is 1.70. The molecule has 28 heavy (non-hydrogen) atoms. The Labute approximate surface area is 173 Å². The van der Waals surface area contributed by atoms with Gasteiger partial charge in [-0.1, -0.05) is 34.8 Å². The standard InChI is InChI=1S/C18H11Cl3FN5O/c1-8(15-10(19)6-23-7-11(15)20)28-14-3-2-13-17(25-14)16(27-26-13)9-4-12(22)18(21)24-5-9/h2-8H,1H3,(H,26,27)/t8-/m1/s1. The maximum Gasteiger partial charge on any atom is 0.214 e. The molecule has 10 heteroatoms. The van der Waals surface area contributed by atoms with Crippen LogP contribution in [-0.4, -0.2) is 25.1 Å². The zero-order valence-electron chi connectivity index (χ0n) is 14.3. The second-order valence-electron chi connectivity index (χ2n) is 5.89. The maximum atomic E-state index is 13.8. The Morgan fingerprint density at radius 1 is 1.11 bits per heavy atom. The van der Waals surface area contributed by atoms with Crippen molar-refractivity contribution in [3.05, 3.63) is 63.4 Å². The summed E-state index contributed by atoms with van der Waals surface area (Å²) in [4.78, 5) is 12.2. The van der Waals surface area contributed by atoms with Crippen molar-refractivity contribution >= 4 is 45.8 Å². The average Bonchev–Trinajstić information content (AvgIpc) is 3.07. The summed E-state index contributed by atoms with van der Waals surface area (Å²) in [7, 11) is 0. The number of halogens is 4. The quantitative estimate of drug-likeness (QED) is 0.416. The second kappa shape index (κ2) is 7.50. The monoisotopic (exact) mass is 437 g/mol. The third kappa shape index (κ3) is 3.48. The molecule has 0 spiro atoms. The molecule has 0 aliphatic rings. The van der Waals surface area contributed by atoms with Gasteiger partial charge in [-0.3, -0.25) is 10.1 Å². The van der Waals surface area contributed by atoms with Crippen molar-refractivity contribution in [2.75, 3.05) is 0 Å². The first kappa shape index (κ1) is 18.9. The highest BCUT2D eigenvalue weighted by Gasteiger charge is 2.18. The van der Waals surface area contributed by atoms with E-state index in [-0.39, 0.29) is 5.15 Å². The third-order valence-corrected chi connectivity index (χ3v) is 4.93. The third-order valence-electron chi connectivity index (χ3n) is 4.05. The van der Waals surface area contributed by atoms with Crippen LogP contribution in [0, 0.1) is 5.82 Å². The van der Waals surface area contributed by atoms with Gasteiger partial charge in [-0.2, -0.15) is 5.10 Å². The molecule has 0 bridgehead atoms. The molecule has 4 aromatic rings. The normalized spacial score (nSPS) is 12.3. The van der Waals surface area contributed by atoms with Crippen LogP contribution in [0.3, 0.4) is 0 Å². The van der Waals surface area contributed by atoms with E-state index in [1.807, 2.05) is 0 Å². The van der Waals surface area contributed by atoms with Crippen molar-refractivity contribution in [3.63, 3.8) is 0 Å². The van der Waals surface area contributed by atoms with Crippen molar-refractivity contribution in [2.24, 2.45) is 0 Å². The van der Waals surface area contributed by atoms with Gasteiger partial charge in [0.2, 0.25) is 5.88 Å². The largest absolute Gasteiger partial charge is 0.470 e. The lowest BCUT2D eigenvalue weighted by molar-refractivity contribution is 0.218. The molecule has 1 N–H and O–H groups in total. The SMILES string of the molecule is C[C@@H](Oc1ccc2[nH]nc(-c3cnc(Cl)c(F)c3)c2n1)c1c(Cl)cncc1Cl. The van der Waals surface area contributed by atoms with Gasteiger partial charge in [0.15, 0.2) is 11.0 Å². The summed E-state index contributed by atoms with van der Waals surface area (Å²) < 4.78 is 19.7. The molecule has 0 radical (unpaired) electrons. The maximum absolute atomic E-state index is 13.8. The van der Waals surface area contributed by atoms with Gasteiger partial charge in [-0.25, -0.2) is 14.4 Å². The van der Waals surface area contributed by atoms with E-state index in [1.54, 1.807) is 19.1 Å². The first-order valence-electron chi connectivity index (χ1n) is 8.06. The molecular formula is C18H11Cl3FN5O.